The van der Waals surface area contributed by atoms with Crippen LogP contribution in [0.25, 0.3) is 0 Å². The van der Waals surface area contributed by atoms with Gasteiger partial charge in [0.1, 0.15) is 6.61 Å². The highest BCUT2D eigenvalue weighted by molar-refractivity contribution is 9.10. The Balaban J connectivity index is 1.72. The fraction of sp³-hybridized carbons (Fsp3) is 0.136. The molecule has 0 aliphatic carbocycles. The molecule has 0 bridgehead atoms. The normalized spacial score (nSPS) is 10.9. The van der Waals surface area contributed by atoms with Gasteiger partial charge in [-0.15, -0.1) is 0 Å². The van der Waals surface area contributed by atoms with E-state index in [1.54, 1.807) is 42.6 Å². The third kappa shape index (κ3) is 6.35. The zero-order valence-corrected chi connectivity index (χ0v) is 19.9. The number of hydrazone groups is 1. The number of rotatable bonds is 9. The predicted molar refractivity (Wildman–Crippen MR) is 130 cm³/mol. The van der Waals surface area contributed by atoms with Crippen LogP contribution in [0.3, 0.4) is 0 Å². The van der Waals surface area contributed by atoms with Gasteiger partial charge in [-0.25, -0.2) is 0 Å². The fourth-order valence-electron chi connectivity index (χ4n) is 2.66. The highest BCUT2D eigenvalue weighted by Crippen LogP contribution is 2.34. The molecule has 0 spiro atoms. The van der Waals surface area contributed by atoms with Crippen LogP contribution in [-0.2, 0) is 6.61 Å². The van der Waals surface area contributed by atoms with Crippen molar-refractivity contribution < 1.29 is 14.4 Å². The summed E-state index contributed by atoms with van der Waals surface area (Å²) in [7, 11) is 0. The van der Waals surface area contributed by atoms with E-state index in [0.717, 1.165) is 15.6 Å². The lowest BCUT2D eigenvalue weighted by Gasteiger charge is -2.14. The number of anilines is 1. The van der Waals surface area contributed by atoms with Crippen molar-refractivity contribution in [2.24, 2.45) is 5.10 Å². The van der Waals surface area contributed by atoms with Crippen LogP contribution in [0.15, 0.2) is 64.2 Å². The summed E-state index contributed by atoms with van der Waals surface area (Å²) in [5.74, 6) is 1.12. The van der Waals surface area contributed by atoms with Gasteiger partial charge in [-0.3, -0.25) is 15.5 Å². The zero-order valence-electron chi connectivity index (χ0n) is 16.8. The Labute approximate surface area is 203 Å². The van der Waals surface area contributed by atoms with Gasteiger partial charge in [-0.1, -0.05) is 29.3 Å². The van der Waals surface area contributed by atoms with Crippen LogP contribution in [-0.4, -0.2) is 17.7 Å². The molecule has 0 unspecified atom stereocenters. The largest absolute Gasteiger partial charge is 0.490 e. The highest BCUT2D eigenvalue weighted by Gasteiger charge is 2.11. The molecule has 0 saturated carbocycles. The molecule has 0 aliphatic heterocycles. The lowest BCUT2D eigenvalue weighted by atomic mass is 10.2. The number of halogens is 3. The summed E-state index contributed by atoms with van der Waals surface area (Å²) in [5.41, 5.74) is 5.10. The predicted octanol–water partition coefficient (Wildman–Crippen LogP) is 7.09. The molecule has 3 aromatic carbocycles. The molecular weight excluding hydrogens is 521 g/mol. The Bertz CT molecular complexity index is 1140. The number of nitrogens with zero attached hydrogens (tertiary/aromatic N) is 2. The van der Waals surface area contributed by atoms with Crippen molar-refractivity contribution in [2.75, 3.05) is 12.0 Å². The number of non-ortho nitro benzene ring substituents is 1. The van der Waals surface area contributed by atoms with Gasteiger partial charge in [-0.2, -0.15) is 5.10 Å². The van der Waals surface area contributed by atoms with E-state index in [2.05, 4.69) is 26.5 Å². The maximum atomic E-state index is 10.7. The first-order valence-electron chi connectivity index (χ1n) is 9.44. The molecule has 0 aromatic heterocycles. The maximum Gasteiger partial charge on any atom is 0.269 e. The van der Waals surface area contributed by atoms with Gasteiger partial charge in [0, 0.05) is 22.2 Å². The summed E-state index contributed by atoms with van der Waals surface area (Å²) < 4.78 is 12.4. The molecule has 7 nitrogen and oxygen atoms in total. The van der Waals surface area contributed by atoms with E-state index < -0.39 is 4.92 Å². The Morgan fingerprint density at radius 2 is 1.78 bits per heavy atom. The van der Waals surface area contributed by atoms with E-state index in [1.165, 1.54) is 12.1 Å². The lowest BCUT2D eigenvalue weighted by Crippen LogP contribution is -2.01. The van der Waals surface area contributed by atoms with E-state index in [-0.39, 0.29) is 5.69 Å². The third-order valence-electron chi connectivity index (χ3n) is 4.22. The lowest BCUT2D eigenvalue weighted by molar-refractivity contribution is -0.384. The van der Waals surface area contributed by atoms with Gasteiger partial charge in [0.25, 0.3) is 5.69 Å². The van der Waals surface area contributed by atoms with E-state index in [1.807, 2.05) is 13.0 Å². The summed E-state index contributed by atoms with van der Waals surface area (Å²) in [6.07, 6.45) is 1.61. The number of hydrogen-bond acceptors (Lipinski definition) is 6. The third-order valence-corrected chi connectivity index (χ3v) is 5.64. The number of hydrogen-bond donors (Lipinski definition) is 1. The minimum absolute atomic E-state index is 0.0140. The van der Waals surface area contributed by atoms with Crippen molar-refractivity contribution in [3.05, 3.63) is 90.4 Å². The van der Waals surface area contributed by atoms with E-state index in [4.69, 9.17) is 32.7 Å². The number of nitrogens with one attached hydrogen (secondary N) is 1. The summed E-state index contributed by atoms with van der Waals surface area (Å²) in [5, 5.41) is 15.9. The van der Waals surface area contributed by atoms with Crippen LogP contribution < -0.4 is 14.9 Å². The van der Waals surface area contributed by atoms with Crippen molar-refractivity contribution in [1.29, 1.82) is 0 Å². The second-order valence-corrected chi connectivity index (χ2v) is 8.13. The number of nitro benzene ring substituents is 1. The van der Waals surface area contributed by atoms with Crippen LogP contribution in [0.5, 0.6) is 11.5 Å². The van der Waals surface area contributed by atoms with Gasteiger partial charge in [0.2, 0.25) is 0 Å². The van der Waals surface area contributed by atoms with Crippen LogP contribution >= 0.6 is 39.1 Å². The first kappa shape index (κ1) is 23.8. The highest BCUT2D eigenvalue weighted by atomic mass is 79.9. The first-order chi connectivity index (χ1) is 15.4. The summed E-state index contributed by atoms with van der Waals surface area (Å²) >= 11 is 15.5. The van der Waals surface area contributed by atoms with Crippen LogP contribution in [0.4, 0.5) is 11.4 Å². The average Bonchev–Trinajstić information content (AvgIpc) is 2.77. The van der Waals surface area contributed by atoms with Gasteiger partial charge in [0.15, 0.2) is 11.5 Å². The molecule has 3 aromatic rings. The van der Waals surface area contributed by atoms with E-state index >= 15 is 0 Å². The smallest absolute Gasteiger partial charge is 0.269 e. The molecule has 1 N–H and O–H groups in total. The van der Waals surface area contributed by atoms with E-state index in [0.29, 0.717) is 40.4 Å². The summed E-state index contributed by atoms with van der Waals surface area (Å²) in [6, 6.07) is 14.9. The quantitative estimate of drug-likeness (QED) is 0.178. The second-order valence-electron chi connectivity index (χ2n) is 6.46. The van der Waals surface area contributed by atoms with Gasteiger partial charge >= 0.3 is 0 Å². The fourth-order valence-corrected chi connectivity index (χ4v) is 3.40. The number of ether oxygens (including phenoxy) is 2. The molecule has 0 fully saturated rings. The molecule has 10 heteroatoms. The van der Waals surface area contributed by atoms with Crippen molar-refractivity contribution in [2.45, 2.75) is 13.5 Å². The van der Waals surface area contributed by atoms with E-state index in [9.17, 15) is 10.1 Å². The molecule has 0 radical (unpaired) electrons. The second kappa shape index (κ2) is 11.2. The topological polar surface area (TPSA) is 86.0 Å². The molecule has 0 aliphatic rings. The Morgan fingerprint density at radius 1 is 1.06 bits per heavy atom. The van der Waals surface area contributed by atoms with Gasteiger partial charge in [-0.05, 0) is 64.8 Å². The molecule has 0 saturated heterocycles. The molecule has 32 heavy (non-hydrogen) atoms. The van der Waals surface area contributed by atoms with Gasteiger partial charge in [0.05, 0.1) is 33.5 Å². The van der Waals surface area contributed by atoms with Crippen LogP contribution in [0.2, 0.25) is 10.0 Å². The minimum Gasteiger partial charge on any atom is -0.490 e. The first-order valence-corrected chi connectivity index (χ1v) is 11.0. The van der Waals surface area contributed by atoms with Crippen molar-refractivity contribution in [3.8, 4) is 11.5 Å². The Morgan fingerprint density at radius 3 is 2.44 bits per heavy atom. The number of benzene rings is 3. The van der Waals surface area contributed by atoms with Crippen molar-refractivity contribution in [1.82, 2.24) is 0 Å². The van der Waals surface area contributed by atoms with Crippen LogP contribution in [0.1, 0.15) is 18.1 Å². The standard InChI is InChI=1S/C22H18BrCl2N3O4/c1-2-31-21-10-15(12-26-27-16-4-6-17(7-5-16)28(29)30)18(23)11-22(21)32-13-14-3-8-19(24)20(25)9-14/h3-12,27H,2,13H2,1H3/b26-12+. The Kier molecular flexibility index (Phi) is 8.33. The summed E-state index contributed by atoms with van der Waals surface area (Å²) in [6.45, 7) is 2.63. The molecule has 0 heterocycles. The molecule has 166 valence electrons. The van der Waals surface area contributed by atoms with Crippen LogP contribution in [0, 0.1) is 10.1 Å². The molecular formula is C22H18BrCl2N3O4. The Hall–Kier alpha value is -2.81. The number of nitro groups is 1. The molecule has 0 atom stereocenters. The van der Waals surface area contributed by atoms with Crippen molar-refractivity contribution >= 4 is 56.7 Å². The summed E-state index contributed by atoms with van der Waals surface area (Å²) in [4.78, 5) is 10.3. The molecule has 3 rings (SSSR count). The van der Waals surface area contributed by atoms with Gasteiger partial charge < -0.3 is 9.47 Å². The van der Waals surface area contributed by atoms with Crippen molar-refractivity contribution in [3.63, 3.8) is 0 Å². The average molecular weight is 539 g/mol. The SMILES string of the molecule is CCOc1cc(/C=N/Nc2ccc([N+](=O)[O-])cc2)c(Br)cc1OCc1ccc(Cl)c(Cl)c1. The zero-order chi connectivity index (χ0) is 23.1. The minimum atomic E-state index is -0.454. The monoisotopic (exact) mass is 537 g/mol. The molecule has 0 amide bonds. The maximum absolute atomic E-state index is 10.7.